The van der Waals surface area contributed by atoms with Crippen LogP contribution in [0.3, 0.4) is 0 Å². The summed E-state index contributed by atoms with van der Waals surface area (Å²) in [5.74, 6) is 2.27. The fraction of sp³-hybridized carbons (Fsp3) is 0.429. The van der Waals surface area contributed by atoms with Crippen molar-refractivity contribution in [3.8, 4) is 5.75 Å². The number of aliphatic imine (C=N–C) groups is 1. The van der Waals surface area contributed by atoms with Crippen molar-refractivity contribution in [3.63, 3.8) is 0 Å². The van der Waals surface area contributed by atoms with Crippen LogP contribution in [0.2, 0.25) is 0 Å². The zero-order valence-electron chi connectivity index (χ0n) is 17.1. The van der Waals surface area contributed by atoms with Gasteiger partial charge in [0.05, 0.1) is 12.8 Å². The van der Waals surface area contributed by atoms with Gasteiger partial charge in [-0.25, -0.2) is 4.99 Å². The van der Waals surface area contributed by atoms with Crippen LogP contribution in [0, 0.1) is 6.92 Å². The van der Waals surface area contributed by atoms with E-state index >= 15 is 0 Å². The van der Waals surface area contributed by atoms with Crippen LogP contribution in [-0.2, 0) is 11.2 Å². The number of furan rings is 1. The van der Waals surface area contributed by atoms with E-state index in [4.69, 9.17) is 9.15 Å². The number of guanidine groups is 1. The minimum absolute atomic E-state index is 0.0589. The van der Waals surface area contributed by atoms with Crippen LogP contribution in [-0.4, -0.2) is 56.6 Å². The molecule has 1 heterocycles. The van der Waals surface area contributed by atoms with Crippen molar-refractivity contribution in [2.75, 3.05) is 33.7 Å². The Labute approximate surface area is 166 Å². The van der Waals surface area contributed by atoms with E-state index in [-0.39, 0.29) is 18.6 Å². The van der Waals surface area contributed by atoms with E-state index in [2.05, 4.69) is 15.6 Å². The molecule has 7 heteroatoms. The lowest BCUT2D eigenvalue weighted by Crippen LogP contribution is -2.43. The summed E-state index contributed by atoms with van der Waals surface area (Å²) in [6, 6.07) is 11.7. The number of hydrogen-bond donors (Lipinski definition) is 2. The van der Waals surface area contributed by atoms with Gasteiger partial charge >= 0.3 is 0 Å². The quantitative estimate of drug-likeness (QED) is 0.510. The average Bonchev–Trinajstić information content (AvgIpc) is 3.18. The normalized spacial score (nSPS) is 12.4. The third-order valence-electron chi connectivity index (χ3n) is 4.09. The first kappa shape index (κ1) is 21.3. The van der Waals surface area contributed by atoms with Gasteiger partial charge in [-0.1, -0.05) is 18.2 Å². The van der Waals surface area contributed by atoms with Crippen molar-refractivity contribution < 1.29 is 13.9 Å². The van der Waals surface area contributed by atoms with Crippen LogP contribution < -0.4 is 15.4 Å². The van der Waals surface area contributed by atoms with Gasteiger partial charge in [0.15, 0.2) is 5.96 Å². The molecule has 0 saturated carbocycles. The Bertz CT molecular complexity index is 757. The number of nitrogens with one attached hydrogen (secondary N) is 2. The molecular weight excluding hydrogens is 356 g/mol. The second-order valence-corrected chi connectivity index (χ2v) is 6.78. The third kappa shape index (κ3) is 7.34. The topological polar surface area (TPSA) is 79.1 Å². The van der Waals surface area contributed by atoms with E-state index in [1.807, 2.05) is 50.2 Å². The highest BCUT2D eigenvalue weighted by atomic mass is 16.5. The van der Waals surface area contributed by atoms with Crippen LogP contribution >= 0.6 is 0 Å². The summed E-state index contributed by atoms with van der Waals surface area (Å²) < 4.78 is 11.3. The summed E-state index contributed by atoms with van der Waals surface area (Å²) in [6.45, 7) is 5.28. The summed E-state index contributed by atoms with van der Waals surface area (Å²) in [5, 5.41) is 6.48. The molecule has 0 bridgehead atoms. The van der Waals surface area contributed by atoms with Gasteiger partial charge in [0.2, 0.25) is 5.91 Å². The summed E-state index contributed by atoms with van der Waals surface area (Å²) >= 11 is 0. The number of benzene rings is 1. The zero-order valence-corrected chi connectivity index (χ0v) is 17.1. The molecule has 28 heavy (non-hydrogen) atoms. The van der Waals surface area contributed by atoms with Gasteiger partial charge < -0.3 is 24.7 Å². The second-order valence-electron chi connectivity index (χ2n) is 6.78. The Morgan fingerprint density at radius 3 is 2.68 bits per heavy atom. The van der Waals surface area contributed by atoms with E-state index in [1.165, 1.54) is 4.90 Å². The first-order chi connectivity index (χ1) is 13.5. The molecule has 1 amide bonds. The van der Waals surface area contributed by atoms with Crippen molar-refractivity contribution in [1.82, 2.24) is 15.5 Å². The highest BCUT2D eigenvalue weighted by Crippen LogP contribution is 2.17. The molecule has 152 valence electrons. The fourth-order valence-electron chi connectivity index (χ4n) is 2.41. The van der Waals surface area contributed by atoms with Crippen molar-refractivity contribution in [1.29, 1.82) is 0 Å². The standard InChI is InChI=1S/C21H30N4O3/c1-16-8-5-6-10-19(16)28-17(2)14-23-21(24-15-20(26)25(3)4)22-12-11-18-9-7-13-27-18/h5-10,13,17H,11-12,14-15H2,1-4H3,(H2,22,23,24). The molecule has 1 unspecified atom stereocenters. The van der Waals surface area contributed by atoms with Crippen LogP contribution in [0.5, 0.6) is 5.75 Å². The molecule has 0 spiro atoms. The maximum atomic E-state index is 11.8. The molecule has 2 aromatic rings. The molecule has 2 N–H and O–H groups in total. The molecule has 0 radical (unpaired) electrons. The summed E-state index contributed by atoms with van der Waals surface area (Å²) in [4.78, 5) is 17.7. The molecule has 0 fully saturated rings. The predicted molar refractivity (Wildman–Crippen MR) is 111 cm³/mol. The lowest BCUT2D eigenvalue weighted by Gasteiger charge is -2.19. The van der Waals surface area contributed by atoms with Gasteiger partial charge in [-0.3, -0.25) is 4.79 Å². The number of nitrogens with zero attached hydrogens (tertiary/aromatic N) is 2. The molecule has 0 saturated heterocycles. The van der Waals surface area contributed by atoms with E-state index in [0.29, 0.717) is 19.0 Å². The second kappa shape index (κ2) is 11.0. The highest BCUT2D eigenvalue weighted by molar-refractivity contribution is 5.84. The molecule has 0 aliphatic rings. The third-order valence-corrected chi connectivity index (χ3v) is 4.09. The van der Waals surface area contributed by atoms with Gasteiger partial charge in [-0.2, -0.15) is 0 Å². The maximum absolute atomic E-state index is 11.8. The van der Waals surface area contributed by atoms with Crippen molar-refractivity contribution in [2.24, 2.45) is 4.99 Å². The Kier molecular flexibility index (Phi) is 8.39. The average molecular weight is 386 g/mol. The molecule has 1 aromatic carbocycles. The van der Waals surface area contributed by atoms with Gasteiger partial charge in [0.25, 0.3) is 0 Å². The number of rotatable bonds is 9. The molecule has 2 rings (SSSR count). The number of para-hydroxylation sites is 1. The van der Waals surface area contributed by atoms with E-state index in [0.717, 1.165) is 23.5 Å². The number of aryl methyl sites for hydroxylation is 1. The lowest BCUT2D eigenvalue weighted by atomic mass is 10.2. The van der Waals surface area contributed by atoms with Crippen LogP contribution in [0.1, 0.15) is 18.2 Å². The molecule has 7 nitrogen and oxygen atoms in total. The minimum atomic E-state index is -0.0669. The first-order valence-corrected chi connectivity index (χ1v) is 9.42. The molecule has 0 aliphatic carbocycles. The summed E-state index contributed by atoms with van der Waals surface area (Å²) in [7, 11) is 3.43. The largest absolute Gasteiger partial charge is 0.489 e. The number of likely N-dealkylation sites (N-methyl/N-ethyl adjacent to an activating group) is 1. The predicted octanol–water partition coefficient (Wildman–Crippen LogP) is 2.22. The van der Waals surface area contributed by atoms with Crippen LogP contribution in [0.15, 0.2) is 52.1 Å². The SMILES string of the molecule is Cc1ccccc1OC(C)CNC(=NCC(=O)N(C)C)NCCc1ccco1. The smallest absolute Gasteiger partial charge is 0.243 e. The number of hydrogen-bond acceptors (Lipinski definition) is 4. The van der Waals surface area contributed by atoms with Crippen LogP contribution in [0.25, 0.3) is 0 Å². The summed E-state index contributed by atoms with van der Waals surface area (Å²) in [6.07, 6.45) is 2.32. The fourth-order valence-corrected chi connectivity index (χ4v) is 2.41. The van der Waals surface area contributed by atoms with Gasteiger partial charge in [0, 0.05) is 27.1 Å². The lowest BCUT2D eigenvalue weighted by molar-refractivity contribution is -0.127. The van der Waals surface area contributed by atoms with Crippen LogP contribution in [0.4, 0.5) is 0 Å². The van der Waals surface area contributed by atoms with E-state index in [1.54, 1.807) is 20.4 Å². The Hall–Kier alpha value is -2.96. The molecule has 0 aliphatic heterocycles. The number of carbonyl (C=O) groups excluding carboxylic acids is 1. The maximum Gasteiger partial charge on any atom is 0.243 e. The van der Waals surface area contributed by atoms with Crippen molar-refractivity contribution in [2.45, 2.75) is 26.4 Å². The monoisotopic (exact) mass is 386 g/mol. The molecule has 1 atom stereocenters. The van der Waals surface area contributed by atoms with E-state index in [9.17, 15) is 4.79 Å². The zero-order chi connectivity index (χ0) is 20.4. The Balaban J connectivity index is 1.88. The van der Waals surface area contributed by atoms with Gasteiger partial charge in [0.1, 0.15) is 24.2 Å². The Morgan fingerprint density at radius 1 is 1.21 bits per heavy atom. The van der Waals surface area contributed by atoms with Crippen molar-refractivity contribution >= 4 is 11.9 Å². The minimum Gasteiger partial charge on any atom is -0.489 e. The first-order valence-electron chi connectivity index (χ1n) is 9.42. The summed E-state index contributed by atoms with van der Waals surface area (Å²) in [5.41, 5.74) is 1.09. The highest BCUT2D eigenvalue weighted by Gasteiger charge is 2.09. The van der Waals surface area contributed by atoms with E-state index < -0.39 is 0 Å². The van der Waals surface area contributed by atoms with Crippen molar-refractivity contribution in [3.05, 3.63) is 54.0 Å². The Morgan fingerprint density at radius 2 is 2.00 bits per heavy atom. The molecular formula is C21H30N4O3. The number of ether oxygens (including phenoxy) is 1. The van der Waals surface area contributed by atoms with Gasteiger partial charge in [-0.15, -0.1) is 0 Å². The number of carbonyl (C=O) groups is 1. The number of amides is 1. The van der Waals surface area contributed by atoms with Gasteiger partial charge in [-0.05, 0) is 37.6 Å². The molecule has 1 aromatic heterocycles.